The van der Waals surface area contributed by atoms with Crippen LogP contribution in [0.25, 0.3) is 0 Å². The molecule has 35 heavy (non-hydrogen) atoms. The van der Waals surface area contributed by atoms with E-state index in [-0.39, 0.29) is 28.2 Å². The molecule has 2 amide bonds. The van der Waals surface area contributed by atoms with Gasteiger partial charge in [-0.1, -0.05) is 26.0 Å². The molecular weight excluding hydrogens is 464 g/mol. The van der Waals surface area contributed by atoms with E-state index >= 15 is 0 Å². The molecule has 0 spiro atoms. The van der Waals surface area contributed by atoms with Crippen LogP contribution in [-0.2, 0) is 10.0 Å². The lowest BCUT2D eigenvalue weighted by molar-refractivity contribution is 0.101. The first-order valence-corrected chi connectivity index (χ1v) is 12.9. The van der Waals surface area contributed by atoms with Gasteiger partial charge in [0, 0.05) is 48.0 Å². The monoisotopic (exact) mass is 492 g/mol. The van der Waals surface area contributed by atoms with E-state index in [4.69, 9.17) is 0 Å². The van der Waals surface area contributed by atoms with Gasteiger partial charge in [-0.15, -0.1) is 0 Å². The molecule has 0 radical (unpaired) electrons. The van der Waals surface area contributed by atoms with E-state index in [0.717, 1.165) is 6.42 Å². The number of anilines is 2. The van der Waals surface area contributed by atoms with Gasteiger partial charge >= 0.3 is 0 Å². The van der Waals surface area contributed by atoms with Crippen LogP contribution < -0.4 is 10.6 Å². The molecule has 3 aromatic rings. The van der Waals surface area contributed by atoms with E-state index < -0.39 is 15.9 Å². The number of nitrogens with one attached hydrogen (secondary N) is 2. The zero-order valence-corrected chi connectivity index (χ0v) is 20.5. The summed E-state index contributed by atoms with van der Waals surface area (Å²) in [5.74, 6) is -0.173. The van der Waals surface area contributed by atoms with Gasteiger partial charge < -0.3 is 10.6 Å². The Bertz CT molecular complexity index is 1320. The smallest absolute Gasteiger partial charge is 0.255 e. The van der Waals surface area contributed by atoms with Crippen LogP contribution in [0, 0.1) is 11.8 Å². The van der Waals surface area contributed by atoms with Crippen molar-refractivity contribution < 1.29 is 18.0 Å². The van der Waals surface area contributed by atoms with Crippen molar-refractivity contribution in [2.24, 2.45) is 11.8 Å². The van der Waals surface area contributed by atoms with Gasteiger partial charge in [-0.3, -0.25) is 14.6 Å². The summed E-state index contributed by atoms with van der Waals surface area (Å²) in [6.07, 6.45) is 4.06. The number of hydrogen-bond acceptors (Lipinski definition) is 5. The Kier molecular flexibility index (Phi) is 7.28. The predicted molar refractivity (Wildman–Crippen MR) is 135 cm³/mol. The highest BCUT2D eigenvalue weighted by Crippen LogP contribution is 2.27. The number of hydrogen-bond donors (Lipinski definition) is 2. The molecule has 1 saturated heterocycles. The highest BCUT2D eigenvalue weighted by Gasteiger charge is 2.32. The van der Waals surface area contributed by atoms with Crippen molar-refractivity contribution in [3.63, 3.8) is 0 Å². The van der Waals surface area contributed by atoms with E-state index in [1.54, 1.807) is 48.5 Å². The normalized spacial score (nSPS) is 18.6. The molecule has 2 aromatic carbocycles. The number of rotatable bonds is 6. The Morgan fingerprint density at radius 3 is 2.03 bits per heavy atom. The van der Waals surface area contributed by atoms with E-state index in [1.165, 1.54) is 28.8 Å². The maximum Gasteiger partial charge on any atom is 0.255 e. The van der Waals surface area contributed by atoms with Crippen molar-refractivity contribution in [2.75, 3.05) is 23.7 Å². The minimum absolute atomic E-state index is 0.102. The fourth-order valence-electron chi connectivity index (χ4n) is 4.33. The molecule has 1 aliphatic rings. The quantitative estimate of drug-likeness (QED) is 0.535. The van der Waals surface area contributed by atoms with E-state index in [9.17, 15) is 18.0 Å². The second-order valence-corrected chi connectivity index (χ2v) is 11.0. The number of sulfonamides is 1. The average Bonchev–Trinajstić information content (AvgIpc) is 2.84. The predicted octanol–water partition coefficient (Wildman–Crippen LogP) is 4.25. The molecule has 0 saturated carbocycles. The largest absolute Gasteiger partial charge is 0.322 e. The number of carbonyl (C=O) groups is 2. The fourth-order valence-corrected chi connectivity index (χ4v) is 6.06. The van der Waals surface area contributed by atoms with Crippen LogP contribution in [0.4, 0.5) is 11.4 Å². The van der Waals surface area contributed by atoms with Crippen molar-refractivity contribution in [2.45, 2.75) is 25.2 Å². The summed E-state index contributed by atoms with van der Waals surface area (Å²) in [5.41, 5.74) is 1.67. The second kappa shape index (κ2) is 10.4. The van der Waals surface area contributed by atoms with Crippen molar-refractivity contribution in [3.05, 3.63) is 84.2 Å². The fraction of sp³-hybridized carbons (Fsp3) is 0.269. The first-order chi connectivity index (χ1) is 16.7. The van der Waals surface area contributed by atoms with Crippen LogP contribution in [0.2, 0.25) is 0 Å². The lowest BCUT2D eigenvalue weighted by atomic mass is 9.94. The number of carbonyl (C=O) groups excluding carboxylic acids is 2. The number of piperidine rings is 1. The first kappa shape index (κ1) is 24.6. The molecule has 8 nitrogen and oxygen atoms in total. The molecule has 2 N–H and O–H groups in total. The maximum atomic E-state index is 13.2. The minimum Gasteiger partial charge on any atom is -0.322 e. The molecule has 1 aromatic heterocycles. The molecule has 1 aliphatic heterocycles. The Labute approximate surface area is 205 Å². The number of nitrogens with zero attached hydrogens (tertiary/aromatic N) is 2. The molecule has 182 valence electrons. The molecular formula is C26H28N4O4S. The Hall–Kier alpha value is -3.56. The lowest BCUT2D eigenvalue weighted by Gasteiger charge is -2.34. The third-order valence-electron chi connectivity index (χ3n) is 5.89. The minimum atomic E-state index is -3.70. The van der Waals surface area contributed by atoms with E-state index in [0.29, 0.717) is 30.0 Å². The van der Waals surface area contributed by atoms with Crippen molar-refractivity contribution in [1.82, 2.24) is 9.29 Å². The van der Waals surface area contributed by atoms with Gasteiger partial charge in [-0.25, -0.2) is 8.42 Å². The summed E-state index contributed by atoms with van der Waals surface area (Å²) < 4.78 is 28.0. The summed E-state index contributed by atoms with van der Waals surface area (Å²) >= 11 is 0. The molecule has 1 fully saturated rings. The third kappa shape index (κ3) is 5.93. The van der Waals surface area contributed by atoms with Crippen LogP contribution in [0.5, 0.6) is 0 Å². The Balaban J connectivity index is 1.48. The summed E-state index contributed by atoms with van der Waals surface area (Å²) in [6, 6.07) is 16.0. The van der Waals surface area contributed by atoms with Crippen molar-refractivity contribution in [1.29, 1.82) is 0 Å². The first-order valence-electron chi connectivity index (χ1n) is 11.5. The van der Waals surface area contributed by atoms with Gasteiger partial charge in [0.2, 0.25) is 10.0 Å². The van der Waals surface area contributed by atoms with Gasteiger partial charge in [-0.2, -0.15) is 4.31 Å². The van der Waals surface area contributed by atoms with Gasteiger partial charge in [0.1, 0.15) is 0 Å². The molecule has 2 heterocycles. The molecule has 4 rings (SSSR count). The maximum absolute atomic E-state index is 13.2. The van der Waals surface area contributed by atoms with Crippen LogP contribution >= 0.6 is 0 Å². The third-order valence-corrected chi connectivity index (χ3v) is 7.72. The van der Waals surface area contributed by atoms with Gasteiger partial charge in [0.05, 0.1) is 4.90 Å². The second-order valence-electron chi connectivity index (χ2n) is 9.02. The van der Waals surface area contributed by atoms with Crippen LogP contribution in [-0.4, -0.2) is 42.6 Å². The zero-order valence-electron chi connectivity index (χ0n) is 19.6. The van der Waals surface area contributed by atoms with E-state index in [2.05, 4.69) is 29.5 Å². The highest BCUT2D eigenvalue weighted by atomic mass is 32.2. The average molecular weight is 493 g/mol. The van der Waals surface area contributed by atoms with Gasteiger partial charge in [0.25, 0.3) is 11.8 Å². The number of amides is 2. The molecule has 2 atom stereocenters. The zero-order chi connectivity index (χ0) is 25.0. The summed E-state index contributed by atoms with van der Waals surface area (Å²) in [7, 11) is -3.70. The number of benzene rings is 2. The standard InChI is InChI=1S/C26H28N4O4S/c1-18-13-19(2)17-30(16-18)35(33,34)24-8-3-5-21(14-24)26(32)29-23-7-4-6-22(15-23)28-25(31)20-9-11-27-12-10-20/h3-12,14-15,18-19H,13,16-17H2,1-2H3,(H,28,31)(H,29,32). The molecule has 0 bridgehead atoms. The molecule has 0 aliphatic carbocycles. The van der Waals surface area contributed by atoms with Crippen LogP contribution in [0.3, 0.4) is 0 Å². The number of pyridine rings is 1. The topological polar surface area (TPSA) is 108 Å². The summed E-state index contributed by atoms with van der Waals surface area (Å²) in [6.45, 7) is 5.05. The van der Waals surface area contributed by atoms with Gasteiger partial charge in [0.15, 0.2) is 0 Å². The van der Waals surface area contributed by atoms with Crippen molar-refractivity contribution >= 4 is 33.2 Å². The van der Waals surface area contributed by atoms with Crippen LogP contribution in [0.1, 0.15) is 41.0 Å². The highest BCUT2D eigenvalue weighted by molar-refractivity contribution is 7.89. The van der Waals surface area contributed by atoms with Gasteiger partial charge in [-0.05, 0) is 66.8 Å². The van der Waals surface area contributed by atoms with E-state index in [1.807, 2.05) is 0 Å². The van der Waals surface area contributed by atoms with Crippen molar-refractivity contribution in [3.8, 4) is 0 Å². The lowest BCUT2D eigenvalue weighted by Crippen LogP contribution is -2.42. The Morgan fingerprint density at radius 2 is 1.40 bits per heavy atom. The summed E-state index contributed by atoms with van der Waals surface area (Å²) in [4.78, 5) is 29.3. The number of aromatic nitrogens is 1. The Morgan fingerprint density at radius 1 is 0.829 bits per heavy atom. The molecule has 2 unspecified atom stereocenters. The van der Waals surface area contributed by atoms with Crippen LogP contribution in [0.15, 0.2) is 78.0 Å². The SMILES string of the molecule is CC1CC(C)CN(S(=O)(=O)c2cccc(C(=O)Nc3cccc(NC(=O)c4ccncc4)c3)c2)C1. The molecule has 9 heteroatoms. The summed E-state index contributed by atoms with van der Waals surface area (Å²) in [5, 5.41) is 5.56.